The standard InChI is InChI=1S/C25H30N2O3/c1-18-7-6-10-21(15-18)25(23(29)30)16-22(25)17-27-13-11-24(12-14-27,26-19(2)28)20-8-4-3-5-9-20/h3-10,15,22H,11-14,16-17H2,1-2H3,(H,26,28)(H,29,30)/t22-,25?/m0/s1. The molecular formula is C25H30N2O3. The fourth-order valence-corrected chi connectivity index (χ4v) is 5.22. The Kier molecular flexibility index (Phi) is 5.41. The molecule has 1 amide bonds. The van der Waals surface area contributed by atoms with Gasteiger partial charge in [0.2, 0.25) is 5.91 Å². The molecule has 0 spiro atoms. The lowest BCUT2D eigenvalue weighted by Gasteiger charge is -2.43. The Bertz CT molecular complexity index is 934. The van der Waals surface area contributed by atoms with Crippen molar-refractivity contribution in [2.75, 3.05) is 19.6 Å². The summed E-state index contributed by atoms with van der Waals surface area (Å²) in [6, 6.07) is 18.1. The van der Waals surface area contributed by atoms with E-state index in [9.17, 15) is 14.7 Å². The minimum Gasteiger partial charge on any atom is -0.481 e. The van der Waals surface area contributed by atoms with Crippen molar-refractivity contribution in [3.8, 4) is 0 Å². The summed E-state index contributed by atoms with van der Waals surface area (Å²) in [5.41, 5.74) is 2.07. The van der Waals surface area contributed by atoms with Crippen molar-refractivity contribution in [3.63, 3.8) is 0 Å². The van der Waals surface area contributed by atoms with Crippen LogP contribution in [0.25, 0.3) is 0 Å². The number of piperidine rings is 1. The van der Waals surface area contributed by atoms with Gasteiger partial charge in [0, 0.05) is 26.6 Å². The number of aliphatic carboxylic acids is 1. The minimum absolute atomic E-state index is 0.0150. The molecule has 30 heavy (non-hydrogen) atoms. The van der Waals surface area contributed by atoms with Gasteiger partial charge in [0.15, 0.2) is 0 Å². The lowest BCUT2D eigenvalue weighted by Crippen LogP contribution is -2.53. The van der Waals surface area contributed by atoms with E-state index < -0.39 is 11.4 Å². The molecule has 0 bridgehead atoms. The molecule has 2 atom stereocenters. The lowest BCUT2D eigenvalue weighted by atomic mass is 9.80. The van der Waals surface area contributed by atoms with Crippen molar-refractivity contribution >= 4 is 11.9 Å². The average Bonchev–Trinajstić information content (AvgIpc) is 3.45. The molecule has 4 rings (SSSR count). The van der Waals surface area contributed by atoms with Crippen LogP contribution >= 0.6 is 0 Å². The monoisotopic (exact) mass is 406 g/mol. The minimum atomic E-state index is -0.752. The molecule has 5 nitrogen and oxygen atoms in total. The second-order valence-electron chi connectivity index (χ2n) is 8.98. The van der Waals surface area contributed by atoms with Gasteiger partial charge in [0.25, 0.3) is 0 Å². The number of carbonyl (C=O) groups is 2. The number of hydrogen-bond donors (Lipinski definition) is 2. The van der Waals surface area contributed by atoms with E-state index in [0.29, 0.717) is 6.42 Å². The first kappa shape index (κ1) is 20.6. The van der Waals surface area contributed by atoms with Crippen molar-refractivity contribution < 1.29 is 14.7 Å². The quantitative estimate of drug-likeness (QED) is 0.771. The zero-order chi connectivity index (χ0) is 21.4. The summed E-state index contributed by atoms with van der Waals surface area (Å²) in [7, 11) is 0. The second-order valence-corrected chi connectivity index (χ2v) is 8.98. The molecule has 158 valence electrons. The highest BCUT2D eigenvalue weighted by molar-refractivity contribution is 5.86. The normalized spacial score (nSPS) is 25.5. The number of nitrogens with zero attached hydrogens (tertiary/aromatic N) is 1. The van der Waals surface area contributed by atoms with E-state index in [0.717, 1.165) is 49.2 Å². The topological polar surface area (TPSA) is 69.6 Å². The Hall–Kier alpha value is -2.66. The first-order chi connectivity index (χ1) is 14.4. The number of aryl methyl sites for hydroxylation is 1. The molecule has 0 aromatic heterocycles. The van der Waals surface area contributed by atoms with Crippen LogP contribution in [0.2, 0.25) is 0 Å². The molecule has 2 fully saturated rings. The van der Waals surface area contributed by atoms with Crippen LogP contribution in [0.15, 0.2) is 54.6 Å². The fraction of sp³-hybridized carbons (Fsp3) is 0.440. The maximum Gasteiger partial charge on any atom is 0.314 e. The zero-order valence-electron chi connectivity index (χ0n) is 17.7. The molecule has 2 aromatic carbocycles. The second kappa shape index (κ2) is 7.88. The number of hydrogen-bond acceptors (Lipinski definition) is 3. The molecule has 2 N–H and O–H groups in total. The highest BCUT2D eigenvalue weighted by Gasteiger charge is 2.61. The van der Waals surface area contributed by atoms with E-state index in [4.69, 9.17) is 0 Å². The lowest BCUT2D eigenvalue weighted by molar-refractivity contribution is -0.140. The molecule has 2 aliphatic rings. The van der Waals surface area contributed by atoms with Gasteiger partial charge in [-0.1, -0.05) is 60.2 Å². The average molecular weight is 407 g/mol. The Morgan fingerprint density at radius 3 is 2.33 bits per heavy atom. The molecule has 1 heterocycles. The van der Waals surface area contributed by atoms with Gasteiger partial charge in [-0.25, -0.2) is 0 Å². The van der Waals surface area contributed by atoms with E-state index in [-0.39, 0.29) is 17.4 Å². The number of benzene rings is 2. The number of carboxylic acid groups (broad SMARTS) is 1. The van der Waals surface area contributed by atoms with Crippen LogP contribution in [0.1, 0.15) is 42.9 Å². The van der Waals surface area contributed by atoms with E-state index in [2.05, 4.69) is 22.3 Å². The van der Waals surface area contributed by atoms with Crippen molar-refractivity contribution in [1.82, 2.24) is 10.2 Å². The van der Waals surface area contributed by atoms with Crippen LogP contribution in [-0.2, 0) is 20.5 Å². The SMILES string of the molecule is CC(=O)NC1(c2ccccc2)CCN(C[C@@H]2CC2(C(=O)O)c2cccc(C)c2)CC1. The summed E-state index contributed by atoms with van der Waals surface area (Å²) in [6.07, 6.45) is 2.35. The summed E-state index contributed by atoms with van der Waals surface area (Å²) in [5.74, 6) is -0.604. The summed E-state index contributed by atoms with van der Waals surface area (Å²) >= 11 is 0. The highest BCUT2D eigenvalue weighted by atomic mass is 16.4. The van der Waals surface area contributed by atoms with Gasteiger partial charge in [-0.2, -0.15) is 0 Å². The summed E-state index contributed by atoms with van der Waals surface area (Å²) in [6.45, 7) is 6.05. The Labute approximate surface area is 178 Å². The Morgan fingerprint density at radius 2 is 1.73 bits per heavy atom. The van der Waals surface area contributed by atoms with Crippen LogP contribution in [0, 0.1) is 12.8 Å². The molecule has 2 aromatic rings. The van der Waals surface area contributed by atoms with E-state index in [1.54, 1.807) is 6.92 Å². The van der Waals surface area contributed by atoms with Gasteiger partial charge in [0.1, 0.15) is 0 Å². The van der Waals surface area contributed by atoms with Gasteiger partial charge < -0.3 is 15.3 Å². The summed E-state index contributed by atoms with van der Waals surface area (Å²) in [5, 5.41) is 13.2. The van der Waals surface area contributed by atoms with Gasteiger partial charge >= 0.3 is 5.97 Å². The third-order valence-corrected chi connectivity index (χ3v) is 6.95. The predicted molar refractivity (Wildman–Crippen MR) is 116 cm³/mol. The van der Waals surface area contributed by atoms with Crippen LogP contribution in [0.4, 0.5) is 0 Å². The first-order valence-corrected chi connectivity index (χ1v) is 10.7. The Balaban J connectivity index is 1.46. The maximum atomic E-state index is 12.2. The van der Waals surface area contributed by atoms with Crippen LogP contribution < -0.4 is 5.32 Å². The largest absolute Gasteiger partial charge is 0.481 e. The van der Waals surface area contributed by atoms with Gasteiger partial charge in [0.05, 0.1) is 11.0 Å². The van der Waals surface area contributed by atoms with E-state index in [1.165, 1.54) is 0 Å². The van der Waals surface area contributed by atoms with Crippen molar-refractivity contribution in [3.05, 3.63) is 71.3 Å². The summed E-state index contributed by atoms with van der Waals surface area (Å²) < 4.78 is 0. The first-order valence-electron chi connectivity index (χ1n) is 10.7. The molecule has 1 aliphatic carbocycles. The zero-order valence-corrected chi connectivity index (χ0v) is 17.7. The van der Waals surface area contributed by atoms with Gasteiger partial charge in [-0.05, 0) is 43.2 Å². The van der Waals surface area contributed by atoms with Crippen molar-refractivity contribution in [2.45, 2.75) is 44.1 Å². The molecule has 0 radical (unpaired) electrons. The predicted octanol–water partition coefficient (Wildman–Crippen LogP) is 3.46. The molecule has 1 unspecified atom stereocenters. The molecule has 1 saturated carbocycles. The summed E-state index contributed by atoms with van der Waals surface area (Å²) in [4.78, 5) is 26.5. The number of nitrogens with one attached hydrogen (secondary N) is 1. The third kappa shape index (κ3) is 3.74. The maximum absolute atomic E-state index is 12.2. The highest BCUT2D eigenvalue weighted by Crippen LogP contribution is 2.55. The number of rotatable bonds is 6. The molecule has 1 saturated heterocycles. The number of likely N-dealkylation sites (tertiary alicyclic amines) is 1. The molecule has 5 heteroatoms. The van der Waals surface area contributed by atoms with E-state index >= 15 is 0 Å². The Morgan fingerprint density at radius 1 is 1.07 bits per heavy atom. The van der Waals surface area contributed by atoms with Crippen LogP contribution in [0.3, 0.4) is 0 Å². The fourth-order valence-electron chi connectivity index (χ4n) is 5.22. The molecular weight excluding hydrogens is 376 g/mol. The van der Waals surface area contributed by atoms with Gasteiger partial charge in [-0.15, -0.1) is 0 Å². The van der Waals surface area contributed by atoms with Crippen molar-refractivity contribution in [2.24, 2.45) is 5.92 Å². The van der Waals surface area contributed by atoms with Crippen molar-refractivity contribution in [1.29, 1.82) is 0 Å². The number of amides is 1. The molecule has 1 aliphatic heterocycles. The number of carboxylic acids is 1. The smallest absolute Gasteiger partial charge is 0.314 e. The third-order valence-electron chi connectivity index (χ3n) is 6.95. The van der Waals surface area contributed by atoms with Crippen LogP contribution in [0.5, 0.6) is 0 Å². The number of carbonyl (C=O) groups excluding carboxylic acids is 1. The van der Waals surface area contributed by atoms with E-state index in [1.807, 2.05) is 49.4 Å². The van der Waals surface area contributed by atoms with Gasteiger partial charge in [-0.3, -0.25) is 9.59 Å². The van der Waals surface area contributed by atoms with Crippen LogP contribution in [-0.4, -0.2) is 41.5 Å².